The fourth-order valence-electron chi connectivity index (χ4n) is 4.52. The topological polar surface area (TPSA) is 105 Å². The molecular weight excluding hydrogens is 495 g/mol. The molecule has 14 heteroatoms. The van der Waals surface area contributed by atoms with E-state index in [0.717, 1.165) is 23.8 Å². The number of sulfonamides is 1. The van der Waals surface area contributed by atoms with Crippen LogP contribution >= 0.6 is 11.3 Å². The van der Waals surface area contributed by atoms with Crippen molar-refractivity contribution in [3.8, 4) is 10.6 Å². The van der Waals surface area contributed by atoms with Crippen LogP contribution in [0.25, 0.3) is 10.6 Å². The van der Waals surface area contributed by atoms with Crippen molar-refractivity contribution in [2.45, 2.75) is 30.6 Å². The first-order valence-electron chi connectivity index (χ1n) is 10.6. The van der Waals surface area contributed by atoms with Gasteiger partial charge in [0, 0.05) is 37.3 Å². The molecule has 0 atom stereocenters. The molecule has 2 fully saturated rings. The van der Waals surface area contributed by atoms with Gasteiger partial charge in [0.2, 0.25) is 16.0 Å². The Kier molecular flexibility index (Phi) is 5.42. The van der Waals surface area contributed by atoms with Crippen LogP contribution in [0, 0.1) is 0 Å². The third kappa shape index (κ3) is 3.76. The van der Waals surface area contributed by atoms with E-state index in [0.29, 0.717) is 49.6 Å². The number of fused-ring (bicyclic) bond motifs is 2. The third-order valence-electron chi connectivity index (χ3n) is 6.60. The number of hydrogen-bond acceptors (Lipinski definition) is 8. The molecule has 2 aromatic heterocycles. The van der Waals surface area contributed by atoms with Gasteiger partial charge in [-0.3, -0.25) is 4.79 Å². The number of likely N-dealkylation sites (N-methyl/N-ethyl adjacent to an activating group) is 1. The van der Waals surface area contributed by atoms with Crippen molar-refractivity contribution in [3.05, 3.63) is 28.3 Å². The normalized spacial score (nSPS) is 21.1. The molecular formula is C20H22F3N5O4S2. The van der Waals surface area contributed by atoms with Crippen LogP contribution in [0.5, 0.6) is 0 Å². The molecule has 0 aromatic carbocycles. The zero-order valence-corrected chi connectivity index (χ0v) is 20.0. The number of halogens is 3. The number of anilines is 1. The Bertz CT molecular complexity index is 1250. The number of carbonyl (C=O) groups is 1. The van der Waals surface area contributed by atoms with E-state index in [-0.39, 0.29) is 28.5 Å². The summed E-state index contributed by atoms with van der Waals surface area (Å²) in [6.07, 6.45) is -1.84. The minimum atomic E-state index is -4.68. The number of thiophene rings is 1. The van der Waals surface area contributed by atoms with Gasteiger partial charge < -0.3 is 15.0 Å². The minimum Gasteiger partial charge on any atom is -0.376 e. The van der Waals surface area contributed by atoms with Gasteiger partial charge in [-0.15, -0.1) is 11.3 Å². The van der Waals surface area contributed by atoms with Gasteiger partial charge >= 0.3 is 6.18 Å². The van der Waals surface area contributed by atoms with Crippen molar-refractivity contribution in [1.29, 1.82) is 0 Å². The second-order valence-corrected chi connectivity index (χ2v) is 11.8. The molecule has 5 rings (SSSR count). The summed E-state index contributed by atoms with van der Waals surface area (Å²) in [6, 6.07) is 1.29. The molecule has 184 valence electrons. The summed E-state index contributed by atoms with van der Waals surface area (Å²) < 4.78 is 71.5. The van der Waals surface area contributed by atoms with Crippen molar-refractivity contribution < 1.29 is 31.1 Å². The van der Waals surface area contributed by atoms with E-state index in [1.165, 1.54) is 10.4 Å². The maximum Gasteiger partial charge on any atom is 0.420 e. The van der Waals surface area contributed by atoms with Crippen LogP contribution < -0.4 is 5.32 Å². The average molecular weight is 518 g/mol. The number of rotatable bonds is 4. The van der Waals surface area contributed by atoms with Crippen molar-refractivity contribution in [2.24, 2.45) is 0 Å². The molecule has 0 unspecified atom stereocenters. The Balaban J connectivity index is 1.46. The first-order chi connectivity index (χ1) is 15.9. The number of carbonyl (C=O) groups excluding carboxylic acids is 1. The molecule has 0 aliphatic carbocycles. The molecule has 2 aromatic rings. The van der Waals surface area contributed by atoms with Crippen molar-refractivity contribution >= 4 is 33.2 Å². The van der Waals surface area contributed by atoms with E-state index in [2.05, 4.69) is 15.3 Å². The van der Waals surface area contributed by atoms with Gasteiger partial charge in [-0.2, -0.15) is 13.2 Å². The fraction of sp³-hybridized carbons (Fsp3) is 0.550. The van der Waals surface area contributed by atoms with Crippen LogP contribution in [0.3, 0.4) is 0 Å². The summed E-state index contributed by atoms with van der Waals surface area (Å²) in [5, 5.41) is 3.04. The van der Waals surface area contributed by atoms with E-state index >= 15 is 0 Å². The Labute approximate surface area is 198 Å². The first-order valence-corrected chi connectivity index (χ1v) is 13.2. The van der Waals surface area contributed by atoms with Crippen LogP contribution in [0.2, 0.25) is 0 Å². The van der Waals surface area contributed by atoms with Crippen molar-refractivity contribution in [2.75, 3.05) is 44.9 Å². The van der Waals surface area contributed by atoms with Crippen LogP contribution in [0.4, 0.5) is 19.1 Å². The lowest BCUT2D eigenvalue weighted by atomic mass is 9.96. The van der Waals surface area contributed by atoms with Crippen LogP contribution in [-0.2, 0) is 26.5 Å². The van der Waals surface area contributed by atoms with E-state index < -0.39 is 27.3 Å². The fourth-order valence-corrected chi connectivity index (χ4v) is 6.74. The van der Waals surface area contributed by atoms with E-state index in [1.54, 1.807) is 11.9 Å². The van der Waals surface area contributed by atoms with Gasteiger partial charge in [0.25, 0.3) is 5.91 Å². The van der Waals surface area contributed by atoms with Crippen LogP contribution in [0.15, 0.2) is 12.3 Å². The summed E-state index contributed by atoms with van der Waals surface area (Å²) in [5.41, 5.74) is -1.52. The highest BCUT2D eigenvalue weighted by Gasteiger charge is 2.55. The smallest absolute Gasteiger partial charge is 0.376 e. The monoisotopic (exact) mass is 517 g/mol. The maximum absolute atomic E-state index is 13.8. The second kappa shape index (κ2) is 7.86. The Morgan fingerprint density at radius 3 is 2.50 bits per heavy atom. The molecule has 3 aliphatic rings. The Hall–Kier alpha value is -2.29. The number of nitrogens with zero attached hydrogens (tertiary/aromatic N) is 4. The van der Waals surface area contributed by atoms with Gasteiger partial charge in [0.15, 0.2) is 0 Å². The number of amides is 1. The molecule has 9 nitrogen and oxygen atoms in total. The summed E-state index contributed by atoms with van der Waals surface area (Å²) >= 11 is 1.12. The third-order valence-corrected chi connectivity index (χ3v) is 9.24. The molecule has 0 saturated carbocycles. The number of piperidine rings is 1. The van der Waals surface area contributed by atoms with E-state index in [9.17, 15) is 26.4 Å². The number of ether oxygens (including phenoxy) is 1. The van der Waals surface area contributed by atoms with E-state index in [1.807, 2.05) is 0 Å². The van der Waals surface area contributed by atoms with E-state index in [4.69, 9.17) is 4.74 Å². The molecule has 34 heavy (non-hydrogen) atoms. The predicted molar refractivity (Wildman–Crippen MR) is 118 cm³/mol. The predicted octanol–water partition coefficient (Wildman–Crippen LogP) is 2.37. The number of aromatic nitrogens is 2. The average Bonchev–Trinajstić information content (AvgIpc) is 3.24. The molecule has 3 aliphatic heterocycles. The maximum atomic E-state index is 13.8. The lowest BCUT2D eigenvalue weighted by molar-refractivity contribution is -0.137. The Morgan fingerprint density at radius 2 is 1.94 bits per heavy atom. The first kappa shape index (κ1) is 23.5. The highest BCUT2D eigenvalue weighted by atomic mass is 32.2. The lowest BCUT2D eigenvalue weighted by Gasteiger charge is -2.43. The van der Waals surface area contributed by atoms with Crippen molar-refractivity contribution in [3.63, 3.8) is 0 Å². The SMILES string of the molecule is CN1C(=O)c2cc(-c3nc(NC4CCN(S(C)(=O)=O)CC4)ncc3C(F)(F)F)sc2C12COC2. The quantitative estimate of drug-likeness (QED) is 0.664. The summed E-state index contributed by atoms with van der Waals surface area (Å²) in [7, 11) is -1.62. The second-order valence-electron chi connectivity index (χ2n) is 8.78. The summed E-state index contributed by atoms with van der Waals surface area (Å²) in [4.78, 5) is 23.3. The molecule has 1 amide bonds. The summed E-state index contributed by atoms with van der Waals surface area (Å²) in [6.45, 7) is 1.22. The molecule has 0 radical (unpaired) electrons. The Morgan fingerprint density at radius 1 is 1.26 bits per heavy atom. The molecule has 0 bridgehead atoms. The van der Waals surface area contributed by atoms with Gasteiger partial charge in [-0.25, -0.2) is 22.7 Å². The number of alkyl halides is 3. The molecule has 5 heterocycles. The van der Waals surface area contributed by atoms with Crippen LogP contribution in [-0.4, -0.2) is 79.1 Å². The number of nitrogens with one attached hydrogen (secondary N) is 1. The molecule has 1 spiro atoms. The van der Waals surface area contributed by atoms with Gasteiger partial charge in [-0.1, -0.05) is 0 Å². The molecule has 2 saturated heterocycles. The van der Waals surface area contributed by atoms with Gasteiger partial charge in [-0.05, 0) is 18.9 Å². The largest absolute Gasteiger partial charge is 0.420 e. The lowest BCUT2D eigenvalue weighted by Crippen LogP contribution is -2.55. The minimum absolute atomic E-state index is 0.0273. The molecule has 1 N–H and O–H groups in total. The van der Waals surface area contributed by atoms with Crippen molar-refractivity contribution in [1.82, 2.24) is 19.2 Å². The zero-order valence-electron chi connectivity index (χ0n) is 18.3. The highest BCUT2D eigenvalue weighted by Crippen LogP contribution is 2.50. The summed E-state index contributed by atoms with van der Waals surface area (Å²) in [5.74, 6) is -0.223. The zero-order chi connectivity index (χ0) is 24.5. The standard InChI is InChI=1S/C20H22F3N5O4S2/c1-27-17(29)12-7-14(33-16(12)19(27)9-32-10-19)15-13(20(21,22)23)8-24-18(26-15)25-11-3-5-28(6-4-11)34(2,30)31/h7-8,11H,3-6,9-10H2,1-2H3,(H,24,25,26). The van der Waals surface area contributed by atoms with Gasteiger partial charge in [0.05, 0.1) is 35.6 Å². The van der Waals surface area contributed by atoms with Crippen LogP contribution in [0.1, 0.15) is 33.6 Å². The number of hydrogen-bond donors (Lipinski definition) is 1. The van der Waals surface area contributed by atoms with Gasteiger partial charge in [0.1, 0.15) is 11.1 Å². The highest BCUT2D eigenvalue weighted by molar-refractivity contribution is 7.88.